The zero-order valence-corrected chi connectivity index (χ0v) is 10.8. The van der Waals surface area contributed by atoms with Crippen LogP contribution in [-0.2, 0) is 11.2 Å². The van der Waals surface area contributed by atoms with Crippen molar-refractivity contribution in [3.63, 3.8) is 0 Å². The van der Waals surface area contributed by atoms with Gasteiger partial charge in [0.2, 0.25) is 0 Å². The molecule has 1 unspecified atom stereocenters. The summed E-state index contributed by atoms with van der Waals surface area (Å²) in [4.78, 5) is 0. The van der Waals surface area contributed by atoms with Gasteiger partial charge >= 0.3 is 0 Å². The quantitative estimate of drug-likeness (QED) is 0.853. The van der Waals surface area contributed by atoms with Crippen LogP contribution in [0.15, 0.2) is 16.8 Å². The first-order chi connectivity index (χ1) is 7.84. The fourth-order valence-corrected chi connectivity index (χ4v) is 2.83. The average molecular weight is 239 g/mol. The van der Waals surface area contributed by atoms with Crippen LogP contribution in [-0.4, -0.2) is 25.8 Å². The normalized spacial score (nSPS) is 19.8. The molecule has 0 radical (unpaired) electrons. The van der Waals surface area contributed by atoms with Gasteiger partial charge in [-0.2, -0.15) is 11.3 Å². The summed E-state index contributed by atoms with van der Waals surface area (Å²) >= 11 is 1.78. The Labute approximate surface area is 102 Å². The van der Waals surface area contributed by atoms with Crippen molar-refractivity contribution in [2.45, 2.75) is 32.2 Å². The van der Waals surface area contributed by atoms with E-state index < -0.39 is 0 Å². The highest BCUT2D eigenvalue weighted by atomic mass is 32.1. The minimum absolute atomic E-state index is 0.581. The second kappa shape index (κ2) is 6.38. The Balaban J connectivity index is 1.65. The third-order valence-corrected chi connectivity index (χ3v) is 3.95. The zero-order chi connectivity index (χ0) is 11.2. The molecule has 90 valence electrons. The minimum Gasteiger partial charge on any atom is -0.381 e. The maximum atomic E-state index is 5.37. The highest BCUT2D eigenvalue weighted by Crippen LogP contribution is 2.14. The van der Waals surface area contributed by atoms with E-state index in [9.17, 15) is 0 Å². The maximum Gasteiger partial charge on any atom is 0.0469 e. The summed E-state index contributed by atoms with van der Waals surface area (Å²) in [5, 5.41) is 8.04. The molecule has 1 N–H and O–H groups in total. The molecule has 0 aromatic carbocycles. The second-order valence-electron chi connectivity index (χ2n) is 4.70. The standard InChI is InChI=1S/C13H21NOS/c1-11(8-13-4-7-16-10-13)14-9-12-2-5-15-6-3-12/h4,7,10-12,14H,2-3,5-6,8-9H2,1H3. The predicted octanol–water partition coefficient (Wildman–Crippen LogP) is 2.70. The van der Waals surface area contributed by atoms with Crippen LogP contribution in [0.2, 0.25) is 0 Å². The highest BCUT2D eigenvalue weighted by Gasteiger charge is 2.14. The topological polar surface area (TPSA) is 21.3 Å². The molecule has 1 aliphatic heterocycles. The Kier molecular flexibility index (Phi) is 4.82. The molecule has 0 bridgehead atoms. The third-order valence-electron chi connectivity index (χ3n) is 3.22. The Hall–Kier alpha value is -0.380. The number of rotatable bonds is 5. The van der Waals surface area contributed by atoms with Gasteiger partial charge in [-0.1, -0.05) is 0 Å². The molecule has 2 heterocycles. The van der Waals surface area contributed by atoms with Gasteiger partial charge in [0.25, 0.3) is 0 Å². The summed E-state index contributed by atoms with van der Waals surface area (Å²) < 4.78 is 5.37. The smallest absolute Gasteiger partial charge is 0.0469 e. The van der Waals surface area contributed by atoms with E-state index in [1.807, 2.05) is 0 Å². The van der Waals surface area contributed by atoms with Crippen LogP contribution in [0.3, 0.4) is 0 Å². The molecule has 2 nitrogen and oxygen atoms in total. The molecule has 1 atom stereocenters. The SMILES string of the molecule is CC(Cc1ccsc1)NCC1CCOCC1. The molecule has 1 saturated heterocycles. The van der Waals surface area contributed by atoms with Gasteiger partial charge in [-0.15, -0.1) is 0 Å². The second-order valence-corrected chi connectivity index (χ2v) is 5.48. The maximum absolute atomic E-state index is 5.37. The van der Waals surface area contributed by atoms with Crippen LogP contribution in [0.1, 0.15) is 25.3 Å². The minimum atomic E-state index is 0.581. The monoisotopic (exact) mass is 239 g/mol. The largest absolute Gasteiger partial charge is 0.381 e. The van der Waals surface area contributed by atoms with Crippen molar-refractivity contribution >= 4 is 11.3 Å². The molecule has 3 heteroatoms. The Morgan fingerprint density at radius 3 is 3.00 bits per heavy atom. The lowest BCUT2D eigenvalue weighted by molar-refractivity contribution is 0.0656. The first-order valence-corrected chi connectivity index (χ1v) is 7.11. The lowest BCUT2D eigenvalue weighted by Gasteiger charge is -2.24. The van der Waals surface area contributed by atoms with Crippen molar-refractivity contribution in [2.75, 3.05) is 19.8 Å². The number of nitrogens with one attached hydrogen (secondary N) is 1. The van der Waals surface area contributed by atoms with E-state index in [0.29, 0.717) is 6.04 Å². The molecule has 1 fully saturated rings. The van der Waals surface area contributed by atoms with Gasteiger partial charge in [0.15, 0.2) is 0 Å². The lowest BCUT2D eigenvalue weighted by atomic mass is 10.00. The first-order valence-electron chi connectivity index (χ1n) is 6.17. The van der Waals surface area contributed by atoms with Gasteiger partial charge in [-0.25, -0.2) is 0 Å². The van der Waals surface area contributed by atoms with Gasteiger partial charge in [0.1, 0.15) is 0 Å². The van der Waals surface area contributed by atoms with E-state index in [4.69, 9.17) is 4.74 Å². The van der Waals surface area contributed by atoms with Gasteiger partial charge in [0.05, 0.1) is 0 Å². The van der Waals surface area contributed by atoms with Crippen LogP contribution in [0.5, 0.6) is 0 Å². The van der Waals surface area contributed by atoms with E-state index in [-0.39, 0.29) is 0 Å². The third kappa shape index (κ3) is 3.89. The van der Waals surface area contributed by atoms with Crippen LogP contribution < -0.4 is 5.32 Å². The van der Waals surface area contributed by atoms with Crippen LogP contribution in [0.25, 0.3) is 0 Å². The van der Waals surface area contributed by atoms with Crippen molar-refractivity contribution in [1.29, 1.82) is 0 Å². The van der Waals surface area contributed by atoms with Gasteiger partial charge in [-0.3, -0.25) is 0 Å². The highest BCUT2D eigenvalue weighted by molar-refractivity contribution is 7.07. The lowest BCUT2D eigenvalue weighted by Crippen LogP contribution is -2.34. The summed E-state index contributed by atoms with van der Waals surface area (Å²) in [6.07, 6.45) is 3.59. The Morgan fingerprint density at radius 2 is 2.31 bits per heavy atom. The molecule has 0 spiro atoms. The zero-order valence-electron chi connectivity index (χ0n) is 9.95. The summed E-state index contributed by atoms with van der Waals surface area (Å²) in [6.45, 7) is 5.32. The van der Waals surface area contributed by atoms with E-state index in [2.05, 4.69) is 29.1 Å². The van der Waals surface area contributed by atoms with Crippen molar-refractivity contribution in [3.05, 3.63) is 22.4 Å². The molecule has 0 aliphatic carbocycles. The number of thiophene rings is 1. The van der Waals surface area contributed by atoms with Crippen LogP contribution >= 0.6 is 11.3 Å². The molecule has 16 heavy (non-hydrogen) atoms. The van der Waals surface area contributed by atoms with Crippen LogP contribution in [0, 0.1) is 5.92 Å². The molecule has 0 amide bonds. The first kappa shape index (κ1) is 12.1. The molecule has 1 aliphatic rings. The van der Waals surface area contributed by atoms with Gasteiger partial charge < -0.3 is 10.1 Å². The number of hydrogen-bond donors (Lipinski definition) is 1. The number of ether oxygens (including phenoxy) is 1. The predicted molar refractivity (Wildman–Crippen MR) is 69.0 cm³/mol. The Bertz CT molecular complexity index is 280. The van der Waals surface area contributed by atoms with E-state index in [0.717, 1.165) is 32.1 Å². The Morgan fingerprint density at radius 1 is 1.50 bits per heavy atom. The average Bonchev–Trinajstić information content (AvgIpc) is 2.81. The summed E-state index contributed by atoms with van der Waals surface area (Å²) in [6, 6.07) is 2.80. The molecule has 1 aromatic rings. The summed E-state index contributed by atoms with van der Waals surface area (Å²) in [7, 11) is 0. The van der Waals surface area contributed by atoms with E-state index in [1.165, 1.54) is 18.4 Å². The van der Waals surface area contributed by atoms with Crippen molar-refractivity contribution in [2.24, 2.45) is 5.92 Å². The van der Waals surface area contributed by atoms with Gasteiger partial charge in [0, 0.05) is 19.3 Å². The molecule has 2 rings (SSSR count). The van der Waals surface area contributed by atoms with Crippen LogP contribution in [0.4, 0.5) is 0 Å². The molecular formula is C13H21NOS. The fraction of sp³-hybridized carbons (Fsp3) is 0.692. The fourth-order valence-electron chi connectivity index (χ4n) is 2.15. The summed E-state index contributed by atoms with van der Waals surface area (Å²) in [5.41, 5.74) is 1.46. The number of hydrogen-bond acceptors (Lipinski definition) is 3. The van der Waals surface area contributed by atoms with E-state index >= 15 is 0 Å². The van der Waals surface area contributed by atoms with E-state index in [1.54, 1.807) is 11.3 Å². The molecular weight excluding hydrogens is 218 g/mol. The van der Waals surface area contributed by atoms with Gasteiger partial charge in [-0.05, 0) is 61.0 Å². The van der Waals surface area contributed by atoms with Crippen molar-refractivity contribution in [3.8, 4) is 0 Å². The van der Waals surface area contributed by atoms with Crippen molar-refractivity contribution < 1.29 is 4.74 Å². The van der Waals surface area contributed by atoms with Crippen molar-refractivity contribution in [1.82, 2.24) is 5.32 Å². The molecule has 0 saturated carbocycles. The summed E-state index contributed by atoms with van der Waals surface area (Å²) in [5.74, 6) is 0.818. The molecule has 1 aromatic heterocycles.